The zero-order valence-electron chi connectivity index (χ0n) is 10.4. The summed E-state index contributed by atoms with van der Waals surface area (Å²) in [7, 11) is 0. The molecule has 0 N–H and O–H groups in total. The second-order valence-corrected chi connectivity index (χ2v) is 3.92. The third-order valence-electron chi connectivity index (χ3n) is 2.48. The van der Waals surface area contributed by atoms with Crippen LogP contribution in [0.1, 0.15) is 22.8 Å². The first-order chi connectivity index (χ1) is 8.70. The molecule has 0 saturated heterocycles. The van der Waals surface area contributed by atoms with Gasteiger partial charge >= 0.3 is 5.97 Å². The number of hydrogen-bond acceptors (Lipinski definition) is 4. The van der Waals surface area contributed by atoms with E-state index in [0.717, 1.165) is 11.1 Å². The Labute approximate surface area is 106 Å². The van der Waals surface area contributed by atoms with E-state index in [4.69, 9.17) is 4.74 Å². The van der Waals surface area contributed by atoms with Gasteiger partial charge in [-0.15, -0.1) is 0 Å². The van der Waals surface area contributed by atoms with Crippen molar-refractivity contribution in [3.05, 3.63) is 47.7 Å². The van der Waals surface area contributed by atoms with E-state index < -0.39 is 0 Å². The largest absolute Gasteiger partial charge is 0.462 e. The van der Waals surface area contributed by atoms with Gasteiger partial charge in [-0.05, 0) is 26.0 Å². The fraction of sp³-hybridized carbons (Fsp3) is 0.214. The van der Waals surface area contributed by atoms with Gasteiger partial charge in [0.15, 0.2) is 0 Å². The molecule has 0 aliphatic heterocycles. The number of carbonyl (C=O) groups excluding carboxylic acids is 1. The second-order valence-electron chi connectivity index (χ2n) is 3.92. The van der Waals surface area contributed by atoms with E-state index in [2.05, 4.69) is 10.2 Å². The number of carbonyl (C=O) groups is 1. The molecule has 1 aromatic heterocycles. The fourth-order valence-electron chi connectivity index (χ4n) is 1.64. The van der Waals surface area contributed by atoms with E-state index in [1.54, 1.807) is 13.0 Å². The van der Waals surface area contributed by atoms with Gasteiger partial charge in [0.1, 0.15) is 0 Å². The standard InChI is InChI=1S/C14H14N2O2/c1-3-18-14(17)12-8-13(16-15-9-12)11-6-4-5-10(2)7-11/h4-9H,3H2,1-2H3. The third-order valence-corrected chi connectivity index (χ3v) is 2.48. The number of hydrogen-bond donors (Lipinski definition) is 0. The van der Waals surface area contributed by atoms with Gasteiger partial charge in [0, 0.05) is 5.56 Å². The van der Waals surface area contributed by atoms with Crippen LogP contribution in [0, 0.1) is 6.92 Å². The molecule has 0 atom stereocenters. The lowest BCUT2D eigenvalue weighted by atomic mass is 10.1. The van der Waals surface area contributed by atoms with Crippen LogP contribution in [0.5, 0.6) is 0 Å². The molecular formula is C14H14N2O2. The fourth-order valence-corrected chi connectivity index (χ4v) is 1.64. The lowest BCUT2D eigenvalue weighted by Crippen LogP contribution is -2.06. The Morgan fingerprint density at radius 1 is 1.33 bits per heavy atom. The SMILES string of the molecule is CCOC(=O)c1cnnc(-c2cccc(C)c2)c1. The number of esters is 1. The van der Waals surface area contributed by atoms with E-state index >= 15 is 0 Å². The van der Waals surface area contributed by atoms with Crippen molar-refractivity contribution in [1.82, 2.24) is 10.2 Å². The Bertz CT molecular complexity index is 567. The van der Waals surface area contributed by atoms with Gasteiger partial charge in [-0.25, -0.2) is 4.79 Å². The van der Waals surface area contributed by atoms with Crippen LogP contribution in [0.3, 0.4) is 0 Å². The Morgan fingerprint density at radius 2 is 2.17 bits per heavy atom. The van der Waals surface area contributed by atoms with Crippen molar-refractivity contribution in [1.29, 1.82) is 0 Å². The number of rotatable bonds is 3. The van der Waals surface area contributed by atoms with E-state index in [0.29, 0.717) is 17.9 Å². The molecule has 0 fully saturated rings. The molecule has 0 spiro atoms. The molecule has 1 heterocycles. The van der Waals surface area contributed by atoms with Crippen molar-refractivity contribution in [2.45, 2.75) is 13.8 Å². The van der Waals surface area contributed by atoms with Crippen LogP contribution >= 0.6 is 0 Å². The molecular weight excluding hydrogens is 228 g/mol. The minimum absolute atomic E-state index is 0.348. The van der Waals surface area contributed by atoms with Crippen LogP contribution < -0.4 is 0 Å². The third kappa shape index (κ3) is 2.71. The predicted octanol–water partition coefficient (Wildman–Crippen LogP) is 2.63. The molecule has 0 aliphatic carbocycles. The van der Waals surface area contributed by atoms with Gasteiger partial charge in [0.25, 0.3) is 0 Å². The van der Waals surface area contributed by atoms with Crippen molar-refractivity contribution >= 4 is 5.97 Å². The quantitative estimate of drug-likeness (QED) is 0.776. The summed E-state index contributed by atoms with van der Waals surface area (Å²) in [4.78, 5) is 11.6. The predicted molar refractivity (Wildman–Crippen MR) is 68.2 cm³/mol. The van der Waals surface area contributed by atoms with E-state index in [9.17, 15) is 4.79 Å². The first-order valence-electron chi connectivity index (χ1n) is 5.77. The Kier molecular flexibility index (Phi) is 3.67. The lowest BCUT2D eigenvalue weighted by Gasteiger charge is -2.04. The van der Waals surface area contributed by atoms with Crippen molar-refractivity contribution in [2.75, 3.05) is 6.61 Å². The maximum atomic E-state index is 11.6. The number of aryl methyl sites for hydroxylation is 1. The van der Waals surface area contributed by atoms with Gasteiger partial charge in [-0.1, -0.05) is 23.8 Å². The van der Waals surface area contributed by atoms with Crippen LogP contribution in [0.4, 0.5) is 0 Å². The van der Waals surface area contributed by atoms with Crippen molar-refractivity contribution in [3.8, 4) is 11.3 Å². The summed E-state index contributed by atoms with van der Waals surface area (Å²) in [6.07, 6.45) is 1.41. The van der Waals surface area contributed by atoms with Gasteiger partial charge in [-0.3, -0.25) is 0 Å². The lowest BCUT2D eigenvalue weighted by molar-refractivity contribution is 0.0525. The number of benzene rings is 1. The summed E-state index contributed by atoms with van der Waals surface area (Å²) in [6.45, 7) is 4.13. The van der Waals surface area contributed by atoms with Gasteiger partial charge in [0.2, 0.25) is 0 Å². The molecule has 92 valence electrons. The zero-order chi connectivity index (χ0) is 13.0. The van der Waals surface area contributed by atoms with Crippen LogP contribution in [-0.4, -0.2) is 22.8 Å². The van der Waals surface area contributed by atoms with Gasteiger partial charge in [0.05, 0.1) is 24.1 Å². The smallest absolute Gasteiger partial charge is 0.339 e. The maximum Gasteiger partial charge on any atom is 0.339 e. The first kappa shape index (κ1) is 12.2. The molecule has 0 amide bonds. The average molecular weight is 242 g/mol. The molecule has 0 saturated carbocycles. The molecule has 1 aromatic carbocycles. The van der Waals surface area contributed by atoms with Crippen molar-refractivity contribution in [3.63, 3.8) is 0 Å². The summed E-state index contributed by atoms with van der Waals surface area (Å²) in [5.41, 5.74) is 3.16. The highest BCUT2D eigenvalue weighted by atomic mass is 16.5. The topological polar surface area (TPSA) is 52.1 Å². The molecule has 0 unspecified atom stereocenters. The van der Waals surface area contributed by atoms with Crippen LogP contribution in [0.15, 0.2) is 36.5 Å². The van der Waals surface area contributed by atoms with Crippen LogP contribution in [-0.2, 0) is 4.74 Å². The molecule has 18 heavy (non-hydrogen) atoms. The highest BCUT2D eigenvalue weighted by molar-refractivity contribution is 5.90. The summed E-state index contributed by atoms with van der Waals surface area (Å²) in [5, 5.41) is 7.88. The Balaban J connectivity index is 2.35. The summed E-state index contributed by atoms with van der Waals surface area (Å²) < 4.78 is 4.94. The van der Waals surface area contributed by atoms with Crippen LogP contribution in [0.25, 0.3) is 11.3 Å². The van der Waals surface area contributed by atoms with Gasteiger partial charge < -0.3 is 4.74 Å². The molecule has 0 aliphatic rings. The Morgan fingerprint density at radius 3 is 2.89 bits per heavy atom. The molecule has 2 rings (SSSR count). The molecule has 4 nitrogen and oxygen atoms in total. The average Bonchev–Trinajstić information content (AvgIpc) is 2.39. The van der Waals surface area contributed by atoms with E-state index in [1.165, 1.54) is 6.20 Å². The van der Waals surface area contributed by atoms with E-state index in [-0.39, 0.29) is 5.97 Å². The maximum absolute atomic E-state index is 11.6. The first-order valence-corrected chi connectivity index (χ1v) is 5.77. The molecule has 2 aromatic rings. The van der Waals surface area contributed by atoms with Crippen molar-refractivity contribution in [2.24, 2.45) is 0 Å². The highest BCUT2D eigenvalue weighted by Crippen LogP contribution is 2.18. The molecule has 0 bridgehead atoms. The normalized spacial score (nSPS) is 10.1. The monoisotopic (exact) mass is 242 g/mol. The van der Waals surface area contributed by atoms with Crippen molar-refractivity contribution < 1.29 is 9.53 Å². The minimum Gasteiger partial charge on any atom is -0.462 e. The summed E-state index contributed by atoms with van der Waals surface area (Å²) in [5.74, 6) is -0.374. The molecule has 4 heteroatoms. The second kappa shape index (κ2) is 5.40. The Hall–Kier alpha value is -2.23. The van der Waals surface area contributed by atoms with Crippen LogP contribution in [0.2, 0.25) is 0 Å². The minimum atomic E-state index is -0.374. The number of nitrogens with zero attached hydrogens (tertiary/aromatic N) is 2. The highest BCUT2D eigenvalue weighted by Gasteiger charge is 2.09. The van der Waals surface area contributed by atoms with Gasteiger partial charge in [-0.2, -0.15) is 10.2 Å². The molecule has 0 radical (unpaired) electrons. The van der Waals surface area contributed by atoms with E-state index in [1.807, 2.05) is 31.2 Å². The number of aromatic nitrogens is 2. The number of ether oxygens (including phenoxy) is 1. The zero-order valence-corrected chi connectivity index (χ0v) is 10.4. The summed E-state index contributed by atoms with van der Waals surface area (Å²) >= 11 is 0. The summed E-state index contributed by atoms with van der Waals surface area (Å²) in [6, 6.07) is 9.58.